The second-order valence-corrected chi connectivity index (χ2v) is 12.9. The summed E-state index contributed by atoms with van der Waals surface area (Å²) in [6.45, 7) is 8.93. The third kappa shape index (κ3) is 2.48. The van der Waals surface area contributed by atoms with E-state index in [4.69, 9.17) is 28.1 Å². The lowest BCUT2D eigenvalue weighted by molar-refractivity contribution is -0.240. The summed E-state index contributed by atoms with van der Waals surface area (Å²) in [5, 5.41) is 0. The van der Waals surface area contributed by atoms with Gasteiger partial charge >= 0.3 is 17.9 Å². The van der Waals surface area contributed by atoms with Crippen molar-refractivity contribution in [3.8, 4) is 0 Å². The molecule has 1 aromatic rings. The van der Waals surface area contributed by atoms with E-state index in [0.29, 0.717) is 18.4 Å². The van der Waals surface area contributed by atoms with E-state index in [9.17, 15) is 19.2 Å². The molecule has 2 aliphatic carbocycles. The number of fused-ring (bicyclic) bond motifs is 1. The molecule has 0 bridgehead atoms. The van der Waals surface area contributed by atoms with E-state index >= 15 is 0 Å². The summed E-state index contributed by atoms with van der Waals surface area (Å²) >= 11 is 0. The lowest BCUT2D eigenvalue weighted by atomic mass is 9.36. The van der Waals surface area contributed by atoms with Crippen LogP contribution in [0.1, 0.15) is 65.5 Å². The number of hydrogen-bond donors (Lipinski definition) is 0. The van der Waals surface area contributed by atoms with E-state index in [0.717, 1.165) is 0 Å². The average Bonchev–Trinajstić information content (AvgIpc) is 3.31. The number of carbonyl (C=O) groups excluding carboxylic acids is 4. The van der Waals surface area contributed by atoms with Crippen molar-refractivity contribution < 1.29 is 47.3 Å². The minimum atomic E-state index is -1.26. The Morgan fingerprint density at radius 3 is 2.53 bits per heavy atom. The number of rotatable bonds is 2. The summed E-state index contributed by atoms with van der Waals surface area (Å²) in [6, 6.07) is 1.76. The van der Waals surface area contributed by atoms with Crippen molar-refractivity contribution in [3.05, 3.63) is 24.2 Å². The number of epoxide rings is 1. The van der Waals surface area contributed by atoms with Gasteiger partial charge in [-0.25, -0.2) is 4.79 Å². The molecule has 0 radical (unpaired) electrons. The van der Waals surface area contributed by atoms with Crippen LogP contribution in [0.3, 0.4) is 0 Å². The first-order valence-corrected chi connectivity index (χ1v) is 13.3. The molecular weight excluding hydrogens is 496 g/mol. The van der Waals surface area contributed by atoms with Gasteiger partial charge in [-0.2, -0.15) is 0 Å². The quantitative estimate of drug-likeness (QED) is 0.321. The molecular formula is C28H32O10. The van der Waals surface area contributed by atoms with Crippen LogP contribution in [0.2, 0.25) is 0 Å². The summed E-state index contributed by atoms with van der Waals surface area (Å²) in [5.41, 5.74) is -4.21. The molecule has 4 saturated heterocycles. The summed E-state index contributed by atoms with van der Waals surface area (Å²) in [7, 11) is 0. The Bertz CT molecular complexity index is 1270. The standard InChI is InChI=1S/C28H32O10/c1-13(29)35-18-19-24(2,3)37-16-10-17(30)34-12-27(16,19)15-6-8-25(4)21(14-7-9-33-11-14)36-23(32)22-28(25,38-22)26(15,5)20(18)31/h7,9,11,15-16,18-19,21-22H,6,8,10,12H2,1-5H3/t15?,16-,18?,19?,21-,22+,25-,26-,27-,28+/m1/s1. The second-order valence-electron chi connectivity index (χ2n) is 12.9. The van der Waals surface area contributed by atoms with Crippen LogP contribution in [-0.2, 0) is 42.9 Å². The maximum Gasteiger partial charge on any atom is 0.339 e. The van der Waals surface area contributed by atoms with Crippen molar-refractivity contribution in [1.82, 2.24) is 0 Å². The Kier molecular flexibility index (Phi) is 4.53. The van der Waals surface area contributed by atoms with Gasteiger partial charge in [0.05, 0.1) is 36.1 Å². The highest BCUT2D eigenvalue weighted by atomic mass is 16.7. The van der Waals surface area contributed by atoms with Crippen molar-refractivity contribution in [2.45, 2.75) is 89.5 Å². The van der Waals surface area contributed by atoms with Crippen LogP contribution in [-0.4, -0.2) is 59.8 Å². The number of ketones is 1. The molecule has 0 amide bonds. The SMILES string of the molecule is CC(=O)OC1C(=O)[C@@]2(C)C(CC[C@]3(C)[C@@H](c4ccoc4)OC(=O)[C@@H]4O[C@]423)[C@]23COC(=O)C[C@H]2OC(C)(C)C13. The smallest absolute Gasteiger partial charge is 0.339 e. The van der Waals surface area contributed by atoms with Crippen LogP contribution in [0.5, 0.6) is 0 Å². The zero-order chi connectivity index (χ0) is 27.0. The molecule has 1 aromatic heterocycles. The van der Waals surface area contributed by atoms with Gasteiger partial charge in [-0.15, -0.1) is 0 Å². The van der Waals surface area contributed by atoms with E-state index < -0.39 is 69.7 Å². The minimum absolute atomic E-state index is 0.0434. The molecule has 10 nitrogen and oxygen atoms in total. The number of carbonyl (C=O) groups is 4. The Morgan fingerprint density at radius 1 is 1.08 bits per heavy atom. The Balaban J connectivity index is 1.45. The van der Waals surface area contributed by atoms with Crippen LogP contribution < -0.4 is 0 Å². The third-order valence-corrected chi connectivity index (χ3v) is 11.0. The lowest BCUT2D eigenvalue weighted by Gasteiger charge is -2.65. The van der Waals surface area contributed by atoms with E-state index in [1.165, 1.54) is 13.2 Å². The molecule has 4 aliphatic heterocycles. The zero-order valence-electron chi connectivity index (χ0n) is 22.1. The van der Waals surface area contributed by atoms with E-state index in [2.05, 4.69) is 0 Å². The maximum atomic E-state index is 14.8. The van der Waals surface area contributed by atoms with Crippen molar-refractivity contribution in [2.75, 3.05) is 6.61 Å². The first-order valence-electron chi connectivity index (χ1n) is 13.3. The molecule has 10 atom stereocenters. The molecule has 3 unspecified atom stereocenters. The fourth-order valence-electron chi connectivity index (χ4n) is 9.78. The number of hydrogen-bond acceptors (Lipinski definition) is 10. The zero-order valence-corrected chi connectivity index (χ0v) is 22.1. The normalized spacial score (nSPS) is 49.9. The fourth-order valence-corrected chi connectivity index (χ4v) is 9.78. The Labute approximate surface area is 219 Å². The minimum Gasteiger partial charge on any atom is -0.472 e. The third-order valence-electron chi connectivity index (χ3n) is 11.0. The highest BCUT2D eigenvalue weighted by molar-refractivity contribution is 5.97. The highest BCUT2D eigenvalue weighted by Gasteiger charge is 2.91. The number of Topliss-reactive ketones (excluding diaryl/α,β-unsaturated/α-hetero) is 1. The molecule has 6 aliphatic rings. The summed E-state index contributed by atoms with van der Waals surface area (Å²) < 4.78 is 35.7. The first-order chi connectivity index (χ1) is 17.8. The van der Waals surface area contributed by atoms with Crippen LogP contribution in [0.25, 0.3) is 0 Å². The number of cyclic esters (lactones) is 2. The van der Waals surface area contributed by atoms with Crippen LogP contribution in [0.15, 0.2) is 23.0 Å². The average molecular weight is 529 g/mol. The van der Waals surface area contributed by atoms with E-state index in [1.807, 2.05) is 27.7 Å². The second kappa shape index (κ2) is 7.07. The number of ether oxygens (including phenoxy) is 5. The molecule has 10 heteroatoms. The Morgan fingerprint density at radius 2 is 1.84 bits per heavy atom. The highest BCUT2D eigenvalue weighted by Crippen LogP contribution is 2.79. The van der Waals surface area contributed by atoms with Gasteiger partial charge in [-0.05, 0) is 45.6 Å². The molecule has 2 saturated carbocycles. The van der Waals surface area contributed by atoms with Gasteiger partial charge in [0.25, 0.3) is 0 Å². The van der Waals surface area contributed by atoms with Gasteiger partial charge in [-0.1, -0.05) is 6.92 Å². The topological polar surface area (TPSA) is 131 Å². The van der Waals surface area contributed by atoms with Gasteiger partial charge < -0.3 is 28.1 Å². The van der Waals surface area contributed by atoms with Gasteiger partial charge in [0.2, 0.25) is 0 Å². The monoisotopic (exact) mass is 528 g/mol. The summed E-state index contributed by atoms with van der Waals surface area (Å²) in [5.74, 6) is -2.65. The van der Waals surface area contributed by atoms with Crippen LogP contribution >= 0.6 is 0 Å². The number of furan rings is 1. The molecule has 0 N–H and O–H groups in total. The largest absolute Gasteiger partial charge is 0.472 e. The van der Waals surface area contributed by atoms with Gasteiger partial charge in [0, 0.05) is 29.2 Å². The summed E-state index contributed by atoms with van der Waals surface area (Å²) in [4.78, 5) is 53.0. The molecule has 204 valence electrons. The molecule has 2 spiro atoms. The van der Waals surface area contributed by atoms with Crippen LogP contribution in [0, 0.1) is 28.1 Å². The molecule has 6 fully saturated rings. The first kappa shape index (κ1) is 24.3. The van der Waals surface area contributed by atoms with Crippen molar-refractivity contribution in [1.29, 1.82) is 0 Å². The van der Waals surface area contributed by atoms with Crippen molar-refractivity contribution in [2.24, 2.45) is 28.1 Å². The molecule has 5 heterocycles. The van der Waals surface area contributed by atoms with Gasteiger partial charge in [0.1, 0.15) is 18.3 Å². The lowest BCUT2D eigenvalue weighted by Crippen LogP contribution is -2.76. The van der Waals surface area contributed by atoms with E-state index in [-0.39, 0.29) is 30.7 Å². The molecule has 7 rings (SSSR count). The fraction of sp³-hybridized carbons (Fsp3) is 0.714. The van der Waals surface area contributed by atoms with Gasteiger partial charge in [-0.3, -0.25) is 14.4 Å². The molecule has 38 heavy (non-hydrogen) atoms. The maximum absolute atomic E-state index is 14.8. The molecule has 0 aromatic carbocycles. The predicted molar refractivity (Wildman–Crippen MR) is 125 cm³/mol. The van der Waals surface area contributed by atoms with Crippen molar-refractivity contribution in [3.63, 3.8) is 0 Å². The van der Waals surface area contributed by atoms with Gasteiger partial charge in [0.15, 0.2) is 18.0 Å². The predicted octanol–water partition coefficient (Wildman–Crippen LogP) is 2.68. The van der Waals surface area contributed by atoms with E-state index in [1.54, 1.807) is 12.3 Å². The number of esters is 3. The van der Waals surface area contributed by atoms with Crippen molar-refractivity contribution >= 4 is 23.7 Å². The Hall–Kier alpha value is -2.72. The summed E-state index contributed by atoms with van der Waals surface area (Å²) in [6.07, 6.45) is 0.994. The van der Waals surface area contributed by atoms with Crippen LogP contribution in [0.4, 0.5) is 0 Å².